The van der Waals surface area contributed by atoms with Crippen LogP contribution in [0.25, 0.3) is 11.4 Å². The zero-order valence-electron chi connectivity index (χ0n) is 15.2. The van der Waals surface area contributed by atoms with E-state index in [0.29, 0.717) is 12.4 Å². The Morgan fingerprint density at radius 1 is 1.12 bits per heavy atom. The lowest BCUT2D eigenvalue weighted by molar-refractivity contribution is 0.240. The Hall–Kier alpha value is -2.72. The topological polar surface area (TPSA) is 49.0 Å². The average Bonchev–Trinajstić information content (AvgIpc) is 2.64. The first-order valence-corrected chi connectivity index (χ1v) is 9.06. The van der Waals surface area contributed by atoms with Crippen LogP contribution in [0.5, 0.6) is 0 Å². The maximum Gasteiger partial charge on any atom is 0.254 e. The Morgan fingerprint density at radius 3 is 2.69 bits per heavy atom. The van der Waals surface area contributed by atoms with Crippen LogP contribution in [0.2, 0.25) is 0 Å². The van der Waals surface area contributed by atoms with Crippen molar-refractivity contribution < 1.29 is 0 Å². The first-order valence-electron chi connectivity index (χ1n) is 9.06. The van der Waals surface area contributed by atoms with Gasteiger partial charge in [-0.25, -0.2) is 4.98 Å². The summed E-state index contributed by atoms with van der Waals surface area (Å²) in [7, 11) is 0. The molecule has 2 heterocycles. The minimum Gasteiger partial charge on any atom is -0.306 e. The number of fused-ring (bicyclic) bond motifs is 1. The Bertz CT molecular complexity index is 992. The SMILES string of the molecule is Cc1ccc(CN2CCc3c(nc(-c4ccccc4)[nH]c3=O)C2)c(C)c1. The van der Waals surface area contributed by atoms with Crippen molar-refractivity contribution in [2.24, 2.45) is 0 Å². The number of hydrogen-bond donors (Lipinski definition) is 1. The number of benzene rings is 2. The lowest BCUT2D eigenvalue weighted by atomic mass is 10.0. The highest BCUT2D eigenvalue weighted by Gasteiger charge is 2.21. The number of H-pyrrole nitrogens is 1. The fourth-order valence-electron chi connectivity index (χ4n) is 3.63. The van der Waals surface area contributed by atoms with Crippen molar-refractivity contribution in [2.45, 2.75) is 33.4 Å². The van der Waals surface area contributed by atoms with Crippen LogP contribution in [0.15, 0.2) is 53.3 Å². The number of nitrogens with zero attached hydrogens (tertiary/aromatic N) is 2. The molecule has 0 radical (unpaired) electrons. The van der Waals surface area contributed by atoms with E-state index in [-0.39, 0.29) is 5.56 Å². The van der Waals surface area contributed by atoms with E-state index in [9.17, 15) is 4.79 Å². The molecule has 0 unspecified atom stereocenters. The van der Waals surface area contributed by atoms with Gasteiger partial charge >= 0.3 is 0 Å². The van der Waals surface area contributed by atoms with Gasteiger partial charge in [-0.2, -0.15) is 0 Å². The number of nitrogens with one attached hydrogen (secondary N) is 1. The molecule has 0 spiro atoms. The van der Waals surface area contributed by atoms with Gasteiger partial charge in [0, 0.05) is 30.8 Å². The molecule has 4 heteroatoms. The van der Waals surface area contributed by atoms with Gasteiger partial charge in [0.25, 0.3) is 5.56 Å². The van der Waals surface area contributed by atoms with Crippen LogP contribution >= 0.6 is 0 Å². The van der Waals surface area contributed by atoms with Gasteiger partial charge < -0.3 is 4.98 Å². The van der Waals surface area contributed by atoms with E-state index in [2.05, 4.69) is 41.9 Å². The van der Waals surface area contributed by atoms with Crippen molar-refractivity contribution in [3.8, 4) is 11.4 Å². The minimum absolute atomic E-state index is 0.0000181. The maximum absolute atomic E-state index is 12.5. The number of rotatable bonds is 3. The number of aromatic nitrogens is 2. The molecule has 26 heavy (non-hydrogen) atoms. The van der Waals surface area contributed by atoms with Gasteiger partial charge in [0.1, 0.15) is 5.82 Å². The third-order valence-electron chi connectivity index (χ3n) is 5.09. The standard InChI is InChI=1S/C22H23N3O/c1-15-8-9-18(16(2)12-15)13-25-11-10-19-20(14-25)23-21(24-22(19)26)17-6-4-3-5-7-17/h3-9,12H,10-11,13-14H2,1-2H3,(H,23,24,26). The largest absolute Gasteiger partial charge is 0.306 e. The Morgan fingerprint density at radius 2 is 1.92 bits per heavy atom. The summed E-state index contributed by atoms with van der Waals surface area (Å²) in [5.41, 5.74) is 6.63. The van der Waals surface area contributed by atoms with E-state index < -0.39 is 0 Å². The normalized spacial score (nSPS) is 14.2. The highest BCUT2D eigenvalue weighted by molar-refractivity contribution is 5.54. The van der Waals surface area contributed by atoms with Crippen LogP contribution in [0.3, 0.4) is 0 Å². The van der Waals surface area contributed by atoms with Gasteiger partial charge in [-0.3, -0.25) is 9.69 Å². The predicted molar refractivity (Wildman–Crippen MR) is 104 cm³/mol. The van der Waals surface area contributed by atoms with Crippen molar-refractivity contribution in [3.05, 3.63) is 86.8 Å². The monoisotopic (exact) mass is 345 g/mol. The molecule has 0 fully saturated rings. The fraction of sp³-hybridized carbons (Fsp3) is 0.273. The van der Waals surface area contributed by atoms with Crippen LogP contribution in [0.4, 0.5) is 0 Å². The van der Waals surface area contributed by atoms with Gasteiger partial charge in [-0.1, -0.05) is 54.1 Å². The van der Waals surface area contributed by atoms with Crippen molar-refractivity contribution >= 4 is 0 Å². The van der Waals surface area contributed by atoms with Gasteiger partial charge in [-0.05, 0) is 31.4 Å². The van der Waals surface area contributed by atoms with Crippen molar-refractivity contribution in [1.29, 1.82) is 0 Å². The van der Waals surface area contributed by atoms with Crippen molar-refractivity contribution in [1.82, 2.24) is 14.9 Å². The molecular formula is C22H23N3O. The van der Waals surface area contributed by atoms with Gasteiger partial charge in [0.2, 0.25) is 0 Å². The summed E-state index contributed by atoms with van der Waals surface area (Å²) in [6.45, 7) is 6.77. The Kier molecular flexibility index (Phi) is 4.43. The van der Waals surface area contributed by atoms with E-state index in [4.69, 9.17) is 4.98 Å². The summed E-state index contributed by atoms with van der Waals surface area (Å²) in [4.78, 5) is 22.6. The molecule has 0 atom stereocenters. The molecule has 0 saturated heterocycles. The van der Waals surface area contributed by atoms with Crippen LogP contribution < -0.4 is 5.56 Å². The first-order chi connectivity index (χ1) is 12.6. The summed E-state index contributed by atoms with van der Waals surface area (Å²) in [5, 5.41) is 0. The van der Waals surface area contributed by atoms with Crippen molar-refractivity contribution in [3.63, 3.8) is 0 Å². The highest BCUT2D eigenvalue weighted by atomic mass is 16.1. The molecule has 0 saturated carbocycles. The molecular weight excluding hydrogens is 322 g/mol. The Balaban J connectivity index is 1.61. The lowest BCUT2D eigenvalue weighted by Gasteiger charge is -2.28. The van der Waals surface area contributed by atoms with E-state index >= 15 is 0 Å². The zero-order chi connectivity index (χ0) is 18.1. The molecule has 2 aromatic carbocycles. The lowest BCUT2D eigenvalue weighted by Crippen LogP contribution is -2.35. The third-order valence-corrected chi connectivity index (χ3v) is 5.09. The molecule has 4 rings (SSSR count). The number of hydrogen-bond acceptors (Lipinski definition) is 3. The second kappa shape index (κ2) is 6.89. The van der Waals surface area contributed by atoms with Crippen molar-refractivity contribution in [2.75, 3.05) is 6.54 Å². The molecule has 3 aromatic rings. The molecule has 1 N–H and O–H groups in total. The zero-order valence-corrected chi connectivity index (χ0v) is 15.2. The predicted octanol–water partition coefficient (Wildman–Crippen LogP) is 3.61. The Labute approximate surface area is 153 Å². The second-order valence-electron chi connectivity index (χ2n) is 7.10. The van der Waals surface area contributed by atoms with E-state index in [1.165, 1.54) is 16.7 Å². The van der Waals surface area contributed by atoms with Gasteiger partial charge in [0.15, 0.2) is 0 Å². The van der Waals surface area contributed by atoms with Crippen LogP contribution in [0, 0.1) is 13.8 Å². The van der Waals surface area contributed by atoms with Crippen LogP contribution in [0.1, 0.15) is 27.9 Å². The number of aryl methyl sites for hydroxylation is 2. The molecule has 1 aromatic heterocycles. The molecule has 132 valence electrons. The van der Waals surface area contributed by atoms with E-state index in [1.807, 2.05) is 30.3 Å². The highest BCUT2D eigenvalue weighted by Crippen LogP contribution is 2.21. The maximum atomic E-state index is 12.5. The van der Waals surface area contributed by atoms with E-state index in [0.717, 1.165) is 36.3 Å². The minimum atomic E-state index is 0.0000181. The van der Waals surface area contributed by atoms with Crippen LogP contribution in [-0.2, 0) is 19.5 Å². The summed E-state index contributed by atoms with van der Waals surface area (Å²) in [5.74, 6) is 0.655. The van der Waals surface area contributed by atoms with E-state index in [1.54, 1.807) is 0 Å². The number of aromatic amines is 1. The average molecular weight is 345 g/mol. The molecule has 4 nitrogen and oxygen atoms in total. The fourth-order valence-corrected chi connectivity index (χ4v) is 3.63. The molecule has 0 aliphatic carbocycles. The van der Waals surface area contributed by atoms with Gasteiger partial charge in [0.05, 0.1) is 5.69 Å². The van der Waals surface area contributed by atoms with Gasteiger partial charge in [-0.15, -0.1) is 0 Å². The second-order valence-corrected chi connectivity index (χ2v) is 7.10. The summed E-state index contributed by atoms with van der Waals surface area (Å²) >= 11 is 0. The summed E-state index contributed by atoms with van der Waals surface area (Å²) in [6, 6.07) is 16.4. The quantitative estimate of drug-likeness (QED) is 0.789. The molecule has 0 bridgehead atoms. The smallest absolute Gasteiger partial charge is 0.254 e. The van der Waals surface area contributed by atoms with Crippen LogP contribution in [-0.4, -0.2) is 21.4 Å². The third kappa shape index (κ3) is 3.33. The molecule has 1 aliphatic rings. The summed E-state index contributed by atoms with van der Waals surface area (Å²) < 4.78 is 0. The summed E-state index contributed by atoms with van der Waals surface area (Å²) in [6.07, 6.45) is 0.748. The molecule has 0 amide bonds. The molecule has 1 aliphatic heterocycles. The first kappa shape index (κ1) is 16.7.